The molecule has 2 aromatic rings. The summed E-state index contributed by atoms with van der Waals surface area (Å²) >= 11 is 0. The normalized spacial score (nSPS) is 10.6. The molecule has 5 nitrogen and oxygen atoms in total. The van der Waals surface area contributed by atoms with Crippen LogP contribution in [-0.4, -0.2) is 4.68 Å². The highest BCUT2D eigenvalue weighted by atomic mass is 16.4. The van der Waals surface area contributed by atoms with Gasteiger partial charge in [0.1, 0.15) is 5.58 Å². The smallest absolute Gasteiger partial charge is 0.408 e. The lowest BCUT2D eigenvalue weighted by atomic mass is 10.2. The van der Waals surface area contributed by atoms with E-state index in [0.717, 1.165) is 5.56 Å². The number of nitrogen functional groups attached to an aromatic ring is 1. The van der Waals surface area contributed by atoms with Crippen LogP contribution in [0.25, 0.3) is 11.0 Å². The SMILES string of the molecule is Cc1cccc2c(=O)n(N)c(=O)oc12. The molecule has 0 unspecified atom stereocenters. The molecule has 5 heteroatoms. The van der Waals surface area contributed by atoms with Crippen molar-refractivity contribution in [2.45, 2.75) is 6.92 Å². The third kappa shape index (κ3) is 1.02. The number of benzene rings is 1. The standard InChI is InChI=1S/C9H8N2O3/c1-5-3-2-4-6-7(5)14-9(13)11(10)8(6)12/h2-4H,10H2,1H3. The third-order valence-electron chi connectivity index (χ3n) is 2.05. The summed E-state index contributed by atoms with van der Waals surface area (Å²) in [5.74, 6) is 4.35. The molecule has 0 bridgehead atoms. The molecule has 0 aliphatic carbocycles. The molecule has 2 N–H and O–H groups in total. The Labute approximate surface area is 78.3 Å². The van der Waals surface area contributed by atoms with Crippen molar-refractivity contribution < 1.29 is 4.42 Å². The fourth-order valence-corrected chi connectivity index (χ4v) is 1.31. The maximum absolute atomic E-state index is 11.5. The van der Waals surface area contributed by atoms with Crippen molar-refractivity contribution in [1.29, 1.82) is 0 Å². The first-order chi connectivity index (χ1) is 6.61. The molecule has 1 heterocycles. The predicted molar refractivity (Wildman–Crippen MR) is 51.6 cm³/mol. The summed E-state index contributed by atoms with van der Waals surface area (Å²) < 4.78 is 5.35. The average Bonchev–Trinajstić information content (AvgIpc) is 2.17. The maximum atomic E-state index is 11.5. The molecule has 1 aromatic heterocycles. The van der Waals surface area contributed by atoms with Gasteiger partial charge in [-0.15, -0.1) is 0 Å². The van der Waals surface area contributed by atoms with E-state index >= 15 is 0 Å². The van der Waals surface area contributed by atoms with Gasteiger partial charge in [-0.2, -0.15) is 4.68 Å². The van der Waals surface area contributed by atoms with Crippen molar-refractivity contribution >= 4 is 11.0 Å². The lowest BCUT2D eigenvalue weighted by Gasteiger charge is -2.00. The van der Waals surface area contributed by atoms with Gasteiger partial charge in [-0.3, -0.25) is 4.79 Å². The second-order valence-corrected chi connectivity index (χ2v) is 2.99. The van der Waals surface area contributed by atoms with Gasteiger partial charge in [0.25, 0.3) is 5.56 Å². The highest BCUT2D eigenvalue weighted by Crippen LogP contribution is 2.11. The summed E-state index contributed by atoms with van der Waals surface area (Å²) in [4.78, 5) is 22.6. The van der Waals surface area contributed by atoms with Crippen molar-refractivity contribution in [3.63, 3.8) is 0 Å². The first-order valence-electron chi connectivity index (χ1n) is 4.02. The Morgan fingerprint density at radius 1 is 1.36 bits per heavy atom. The molecule has 0 spiro atoms. The van der Waals surface area contributed by atoms with E-state index in [1.54, 1.807) is 25.1 Å². The van der Waals surface area contributed by atoms with Gasteiger partial charge in [0.2, 0.25) is 0 Å². The van der Waals surface area contributed by atoms with Gasteiger partial charge in [0.05, 0.1) is 5.39 Å². The lowest BCUT2D eigenvalue weighted by molar-refractivity contribution is 0.494. The second kappa shape index (κ2) is 2.73. The highest BCUT2D eigenvalue weighted by molar-refractivity contribution is 5.78. The average molecular weight is 192 g/mol. The largest absolute Gasteiger partial charge is 0.441 e. The molecule has 0 atom stereocenters. The zero-order valence-electron chi connectivity index (χ0n) is 7.48. The van der Waals surface area contributed by atoms with Crippen LogP contribution in [0.3, 0.4) is 0 Å². The highest BCUT2D eigenvalue weighted by Gasteiger charge is 2.07. The summed E-state index contributed by atoms with van der Waals surface area (Å²) in [6, 6.07) is 5.03. The number of nitrogens with two attached hydrogens (primary N) is 1. The topological polar surface area (TPSA) is 78.2 Å². The van der Waals surface area contributed by atoms with Crippen LogP contribution in [0.5, 0.6) is 0 Å². The zero-order chi connectivity index (χ0) is 10.3. The number of nitrogens with zero attached hydrogens (tertiary/aromatic N) is 1. The molecule has 0 saturated carbocycles. The lowest BCUT2D eigenvalue weighted by Crippen LogP contribution is -2.38. The van der Waals surface area contributed by atoms with Crippen molar-refractivity contribution in [3.05, 3.63) is 44.7 Å². The van der Waals surface area contributed by atoms with Crippen LogP contribution in [0.2, 0.25) is 0 Å². The van der Waals surface area contributed by atoms with Crippen LogP contribution < -0.4 is 17.2 Å². The second-order valence-electron chi connectivity index (χ2n) is 2.99. The van der Waals surface area contributed by atoms with Gasteiger partial charge >= 0.3 is 5.76 Å². The van der Waals surface area contributed by atoms with E-state index < -0.39 is 11.3 Å². The summed E-state index contributed by atoms with van der Waals surface area (Å²) in [6.07, 6.45) is 0. The van der Waals surface area contributed by atoms with Crippen molar-refractivity contribution in [2.24, 2.45) is 0 Å². The van der Waals surface area contributed by atoms with E-state index in [9.17, 15) is 9.59 Å². The van der Waals surface area contributed by atoms with Crippen LogP contribution in [0.1, 0.15) is 5.56 Å². The Bertz CT molecular complexity index is 609. The fraction of sp³-hybridized carbons (Fsp3) is 0.111. The molecule has 0 fully saturated rings. The number of rotatable bonds is 0. The number of hydrogen-bond acceptors (Lipinski definition) is 4. The molecule has 0 radical (unpaired) electrons. The van der Waals surface area contributed by atoms with Crippen molar-refractivity contribution in [2.75, 3.05) is 5.84 Å². The van der Waals surface area contributed by atoms with E-state index in [2.05, 4.69) is 0 Å². The van der Waals surface area contributed by atoms with Crippen LogP contribution >= 0.6 is 0 Å². The van der Waals surface area contributed by atoms with Gasteiger partial charge in [-0.05, 0) is 18.6 Å². The first kappa shape index (κ1) is 8.55. The van der Waals surface area contributed by atoms with Crippen LogP contribution in [0.15, 0.2) is 32.2 Å². The van der Waals surface area contributed by atoms with Crippen molar-refractivity contribution in [1.82, 2.24) is 4.68 Å². The van der Waals surface area contributed by atoms with Crippen LogP contribution in [-0.2, 0) is 0 Å². The summed E-state index contributed by atoms with van der Waals surface area (Å²) in [5.41, 5.74) is 0.487. The minimum Gasteiger partial charge on any atom is -0.408 e. The van der Waals surface area contributed by atoms with Crippen molar-refractivity contribution in [3.8, 4) is 0 Å². The zero-order valence-corrected chi connectivity index (χ0v) is 7.48. The molecule has 1 aromatic carbocycles. The molecule has 0 aliphatic heterocycles. The van der Waals surface area contributed by atoms with E-state index in [1.165, 1.54) is 0 Å². The van der Waals surface area contributed by atoms with E-state index in [4.69, 9.17) is 10.3 Å². The molecule has 72 valence electrons. The Hall–Kier alpha value is -2.04. The number of aromatic nitrogens is 1. The molecule has 0 saturated heterocycles. The molecule has 0 aliphatic rings. The van der Waals surface area contributed by atoms with Gasteiger partial charge in [0.15, 0.2) is 0 Å². The quantitative estimate of drug-likeness (QED) is 0.595. The Balaban J connectivity index is 3.14. The van der Waals surface area contributed by atoms with E-state index in [-0.39, 0.29) is 0 Å². The van der Waals surface area contributed by atoms with Crippen LogP contribution in [0, 0.1) is 6.92 Å². The van der Waals surface area contributed by atoms with Gasteiger partial charge in [-0.1, -0.05) is 12.1 Å². The number of fused-ring (bicyclic) bond motifs is 1. The minimum atomic E-state index is -0.850. The van der Waals surface area contributed by atoms with Crippen LogP contribution in [0.4, 0.5) is 0 Å². The summed E-state index contributed by atoms with van der Waals surface area (Å²) in [5, 5.41) is 0.312. The van der Waals surface area contributed by atoms with Gasteiger partial charge < -0.3 is 10.3 Å². The Morgan fingerprint density at radius 3 is 2.79 bits per heavy atom. The summed E-state index contributed by atoms with van der Waals surface area (Å²) in [6.45, 7) is 1.76. The number of hydrogen-bond donors (Lipinski definition) is 1. The summed E-state index contributed by atoms with van der Waals surface area (Å²) in [7, 11) is 0. The molecular weight excluding hydrogens is 184 g/mol. The molecule has 2 rings (SSSR count). The minimum absolute atomic E-state index is 0.296. The first-order valence-corrected chi connectivity index (χ1v) is 4.02. The monoisotopic (exact) mass is 192 g/mol. The predicted octanol–water partition coefficient (Wildman–Crippen LogP) is -0.0231. The Morgan fingerprint density at radius 2 is 2.07 bits per heavy atom. The number of para-hydroxylation sites is 1. The molecular formula is C9H8N2O3. The Kier molecular flexibility index (Phi) is 1.67. The fourth-order valence-electron chi connectivity index (χ4n) is 1.31. The molecule has 14 heavy (non-hydrogen) atoms. The van der Waals surface area contributed by atoms with E-state index in [0.29, 0.717) is 15.6 Å². The van der Waals surface area contributed by atoms with Gasteiger partial charge in [0, 0.05) is 0 Å². The van der Waals surface area contributed by atoms with Gasteiger partial charge in [-0.25, -0.2) is 4.79 Å². The third-order valence-corrected chi connectivity index (χ3v) is 2.05. The maximum Gasteiger partial charge on any atom is 0.441 e. The number of aryl methyl sites for hydroxylation is 1. The molecule has 0 amide bonds. The van der Waals surface area contributed by atoms with E-state index in [1.807, 2.05) is 0 Å².